The Morgan fingerprint density at radius 3 is 2.86 bits per heavy atom. The number of rotatable bonds is 4. The average molecular weight is 300 g/mol. The van der Waals surface area contributed by atoms with E-state index in [0.29, 0.717) is 18.5 Å². The van der Waals surface area contributed by atoms with Gasteiger partial charge in [-0.2, -0.15) is 0 Å². The van der Waals surface area contributed by atoms with Gasteiger partial charge in [-0.25, -0.2) is 0 Å². The van der Waals surface area contributed by atoms with Gasteiger partial charge in [0.15, 0.2) is 11.6 Å². The van der Waals surface area contributed by atoms with Crippen LogP contribution in [-0.2, 0) is 6.42 Å². The number of fused-ring (bicyclic) bond motifs is 1. The number of aliphatic imine (C=N–C) groups is 1. The molecule has 1 aliphatic carbocycles. The maximum atomic E-state index is 6.00. The first-order chi connectivity index (χ1) is 10.8. The van der Waals surface area contributed by atoms with Crippen LogP contribution in [0.1, 0.15) is 44.3 Å². The zero-order valence-electron chi connectivity index (χ0n) is 12.9. The monoisotopic (exact) mass is 300 g/mol. The van der Waals surface area contributed by atoms with E-state index >= 15 is 0 Å². The molecule has 0 aliphatic heterocycles. The molecule has 0 unspecified atom stereocenters. The molecule has 3 rings (SSSR count). The molecule has 6 nitrogen and oxygen atoms in total. The van der Waals surface area contributed by atoms with E-state index in [-0.39, 0.29) is 0 Å². The van der Waals surface area contributed by atoms with Gasteiger partial charge in [0.05, 0.1) is 0 Å². The van der Waals surface area contributed by atoms with Crippen LogP contribution in [0, 0.1) is 0 Å². The van der Waals surface area contributed by atoms with Gasteiger partial charge in [-0.1, -0.05) is 31.7 Å². The highest BCUT2D eigenvalue weighted by Gasteiger charge is 2.12. The molecule has 1 aliphatic rings. The van der Waals surface area contributed by atoms with Gasteiger partial charge in [0.2, 0.25) is 0 Å². The number of nitrogens with zero attached hydrogens (tertiary/aromatic N) is 4. The molecular weight excluding hydrogens is 276 g/mol. The zero-order valence-corrected chi connectivity index (χ0v) is 12.9. The largest absolute Gasteiger partial charge is 0.370 e. The zero-order chi connectivity index (χ0) is 15.2. The molecule has 0 radical (unpaired) electrons. The second-order valence-electron chi connectivity index (χ2n) is 5.89. The second kappa shape index (κ2) is 7.24. The molecule has 1 saturated carbocycles. The van der Waals surface area contributed by atoms with E-state index in [1.165, 1.54) is 38.5 Å². The Bertz CT molecular complexity index is 624. The molecule has 2 aromatic heterocycles. The summed E-state index contributed by atoms with van der Waals surface area (Å²) in [4.78, 5) is 4.43. The summed E-state index contributed by atoms with van der Waals surface area (Å²) in [7, 11) is 0. The predicted octanol–water partition coefficient (Wildman–Crippen LogP) is 1.90. The lowest BCUT2D eigenvalue weighted by Crippen LogP contribution is -2.40. The van der Waals surface area contributed by atoms with Crippen LogP contribution in [0.4, 0.5) is 0 Å². The summed E-state index contributed by atoms with van der Waals surface area (Å²) in [6.45, 7) is 0.626. The summed E-state index contributed by atoms with van der Waals surface area (Å²) >= 11 is 0. The summed E-state index contributed by atoms with van der Waals surface area (Å²) in [5, 5.41) is 11.7. The van der Waals surface area contributed by atoms with E-state index in [2.05, 4.69) is 20.5 Å². The van der Waals surface area contributed by atoms with Gasteiger partial charge in [-0.15, -0.1) is 10.2 Å². The minimum absolute atomic E-state index is 0.486. The third-order valence-electron chi connectivity index (χ3n) is 4.21. The fourth-order valence-electron chi connectivity index (χ4n) is 3.02. The summed E-state index contributed by atoms with van der Waals surface area (Å²) in [6, 6.07) is 6.37. The van der Waals surface area contributed by atoms with Crippen LogP contribution in [0.2, 0.25) is 0 Å². The number of aromatic nitrogens is 3. The summed E-state index contributed by atoms with van der Waals surface area (Å²) < 4.78 is 1.99. The van der Waals surface area contributed by atoms with Gasteiger partial charge in [-0.05, 0) is 25.0 Å². The van der Waals surface area contributed by atoms with Crippen molar-refractivity contribution in [1.29, 1.82) is 0 Å². The van der Waals surface area contributed by atoms with Crippen molar-refractivity contribution in [3.8, 4) is 0 Å². The quantitative estimate of drug-likeness (QED) is 0.513. The normalized spacial score (nSPS) is 17.5. The Balaban J connectivity index is 1.52. The van der Waals surface area contributed by atoms with Crippen molar-refractivity contribution in [2.45, 2.75) is 51.0 Å². The Morgan fingerprint density at radius 1 is 1.23 bits per heavy atom. The first-order valence-corrected chi connectivity index (χ1v) is 8.18. The summed E-state index contributed by atoms with van der Waals surface area (Å²) in [5.41, 5.74) is 6.87. The van der Waals surface area contributed by atoms with Gasteiger partial charge < -0.3 is 11.1 Å². The molecule has 0 atom stereocenters. The topological polar surface area (TPSA) is 80.6 Å². The maximum absolute atomic E-state index is 6.00. The van der Waals surface area contributed by atoms with Gasteiger partial charge >= 0.3 is 0 Å². The SMILES string of the molecule is NC(=NCCc1nnc2ccccn12)NC1CCCCCC1. The van der Waals surface area contributed by atoms with E-state index in [0.717, 1.165) is 17.9 Å². The minimum atomic E-state index is 0.486. The molecule has 2 aromatic rings. The van der Waals surface area contributed by atoms with E-state index in [1.807, 2.05) is 28.8 Å². The van der Waals surface area contributed by atoms with Gasteiger partial charge in [-0.3, -0.25) is 9.39 Å². The maximum Gasteiger partial charge on any atom is 0.188 e. The lowest BCUT2D eigenvalue weighted by atomic mass is 10.1. The predicted molar refractivity (Wildman–Crippen MR) is 87.8 cm³/mol. The van der Waals surface area contributed by atoms with Crippen LogP contribution in [0.25, 0.3) is 5.65 Å². The van der Waals surface area contributed by atoms with E-state index < -0.39 is 0 Å². The molecule has 0 aromatic carbocycles. The molecule has 22 heavy (non-hydrogen) atoms. The third-order valence-corrected chi connectivity index (χ3v) is 4.21. The third kappa shape index (κ3) is 3.75. The van der Waals surface area contributed by atoms with Crippen LogP contribution < -0.4 is 11.1 Å². The fraction of sp³-hybridized carbons (Fsp3) is 0.562. The minimum Gasteiger partial charge on any atom is -0.370 e. The molecule has 0 spiro atoms. The van der Waals surface area contributed by atoms with Gasteiger partial charge in [0.25, 0.3) is 0 Å². The van der Waals surface area contributed by atoms with Crippen molar-refractivity contribution in [2.75, 3.05) is 6.54 Å². The highest BCUT2D eigenvalue weighted by atomic mass is 15.2. The molecule has 2 heterocycles. The first kappa shape index (κ1) is 14.8. The number of pyridine rings is 1. The van der Waals surface area contributed by atoms with Crippen molar-refractivity contribution in [3.05, 3.63) is 30.2 Å². The molecule has 3 N–H and O–H groups in total. The Hall–Kier alpha value is -2.11. The van der Waals surface area contributed by atoms with Crippen molar-refractivity contribution < 1.29 is 0 Å². The van der Waals surface area contributed by atoms with Crippen LogP contribution >= 0.6 is 0 Å². The van der Waals surface area contributed by atoms with Crippen molar-refractivity contribution in [2.24, 2.45) is 10.7 Å². The van der Waals surface area contributed by atoms with Crippen molar-refractivity contribution >= 4 is 11.6 Å². The first-order valence-electron chi connectivity index (χ1n) is 8.18. The number of nitrogens with one attached hydrogen (secondary N) is 1. The molecular formula is C16H24N6. The Morgan fingerprint density at radius 2 is 2.05 bits per heavy atom. The molecule has 0 saturated heterocycles. The fourth-order valence-corrected chi connectivity index (χ4v) is 3.02. The number of hydrogen-bond acceptors (Lipinski definition) is 3. The van der Waals surface area contributed by atoms with E-state index in [9.17, 15) is 0 Å². The van der Waals surface area contributed by atoms with Crippen LogP contribution in [-0.4, -0.2) is 33.1 Å². The van der Waals surface area contributed by atoms with E-state index in [1.54, 1.807) is 0 Å². The molecule has 118 valence electrons. The summed E-state index contributed by atoms with van der Waals surface area (Å²) in [5.74, 6) is 1.47. The molecule has 0 amide bonds. The molecule has 0 bridgehead atoms. The van der Waals surface area contributed by atoms with Gasteiger partial charge in [0, 0.05) is 25.2 Å². The Labute approximate surface area is 130 Å². The van der Waals surface area contributed by atoms with Crippen LogP contribution in [0.15, 0.2) is 29.4 Å². The molecule has 6 heteroatoms. The van der Waals surface area contributed by atoms with E-state index in [4.69, 9.17) is 5.73 Å². The van der Waals surface area contributed by atoms with Gasteiger partial charge in [0.1, 0.15) is 5.82 Å². The number of guanidine groups is 1. The average Bonchev–Trinajstić information content (AvgIpc) is 2.76. The number of hydrogen-bond donors (Lipinski definition) is 2. The van der Waals surface area contributed by atoms with Crippen LogP contribution in [0.5, 0.6) is 0 Å². The van der Waals surface area contributed by atoms with Crippen molar-refractivity contribution in [1.82, 2.24) is 19.9 Å². The Kier molecular flexibility index (Phi) is 4.88. The lowest BCUT2D eigenvalue weighted by Gasteiger charge is -2.16. The summed E-state index contributed by atoms with van der Waals surface area (Å²) in [6.07, 6.45) is 10.4. The lowest BCUT2D eigenvalue weighted by molar-refractivity contribution is 0.530. The molecule has 1 fully saturated rings. The van der Waals surface area contributed by atoms with Crippen LogP contribution in [0.3, 0.4) is 0 Å². The second-order valence-corrected chi connectivity index (χ2v) is 5.89. The van der Waals surface area contributed by atoms with Crippen molar-refractivity contribution in [3.63, 3.8) is 0 Å². The highest BCUT2D eigenvalue weighted by Crippen LogP contribution is 2.16. The standard InChI is InChI=1S/C16H24N6/c17-16(19-13-7-3-1-2-4-8-13)18-11-10-15-21-20-14-9-5-6-12-22(14)15/h5-6,9,12-13H,1-4,7-8,10-11H2,(H3,17,18,19). The smallest absolute Gasteiger partial charge is 0.188 e. The highest BCUT2D eigenvalue weighted by molar-refractivity contribution is 5.78. The number of nitrogens with two attached hydrogens (primary N) is 1.